The Morgan fingerprint density at radius 2 is 1.74 bits per heavy atom. The fraction of sp³-hybridized carbons (Fsp3) is 0.321. The van der Waals surface area contributed by atoms with E-state index < -0.39 is 11.2 Å². The van der Waals surface area contributed by atoms with Crippen LogP contribution >= 0.6 is 11.6 Å². The van der Waals surface area contributed by atoms with Crippen LogP contribution in [0.15, 0.2) is 52.1 Å². The Kier molecular flexibility index (Phi) is 8.70. The first-order chi connectivity index (χ1) is 18.8. The van der Waals surface area contributed by atoms with E-state index >= 15 is 0 Å². The Bertz CT molecular complexity index is 1510. The van der Waals surface area contributed by atoms with Crippen LogP contribution in [0.4, 0.5) is 17.2 Å². The van der Waals surface area contributed by atoms with E-state index in [-0.39, 0.29) is 24.7 Å². The van der Waals surface area contributed by atoms with Gasteiger partial charge in [-0.05, 0) is 48.7 Å². The maximum Gasteiger partial charge on any atom is 0.329 e. The number of aryl methyl sites for hydroxylation is 1. The summed E-state index contributed by atoms with van der Waals surface area (Å²) < 4.78 is 1.08. The second kappa shape index (κ2) is 12.3. The van der Waals surface area contributed by atoms with Crippen LogP contribution in [0.2, 0.25) is 0 Å². The van der Waals surface area contributed by atoms with Gasteiger partial charge in [0.25, 0.3) is 5.56 Å². The summed E-state index contributed by atoms with van der Waals surface area (Å²) >= 11 is 5.96. The minimum Gasteiger partial charge on any atom is -0.366 e. The molecule has 0 unspecified atom stereocenters. The number of halogens is 1. The van der Waals surface area contributed by atoms with Crippen molar-refractivity contribution < 1.29 is 4.79 Å². The molecule has 0 atom stereocenters. The number of anilines is 3. The van der Waals surface area contributed by atoms with E-state index in [2.05, 4.69) is 22.4 Å². The van der Waals surface area contributed by atoms with Crippen molar-refractivity contribution in [2.45, 2.75) is 32.2 Å². The Balaban J connectivity index is 1.32. The summed E-state index contributed by atoms with van der Waals surface area (Å²) in [5, 5.41) is 21.9. The average molecular weight is 546 g/mol. The molecule has 2 aromatic carbocycles. The molecule has 4 rings (SSSR count). The molecule has 2 N–H and O–H groups in total. The molecule has 0 saturated carbocycles. The van der Waals surface area contributed by atoms with Crippen molar-refractivity contribution in [3.8, 4) is 12.1 Å². The number of nitriles is 2. The van der Waals surface area contributed by atoms with Gasteiger partial charge < -0.3 is 15.1 Å². The molecule has 200 valence electrons. The summed E-state index contributed by atoms with van der Waals surface area (Å²) in [6.45, 7) is 3.97. The maximum atomic E-state index is 12.8. The molecule has 39 heavy (non-hydrogen) atoms. The summed E-state index contributed by atoms with van der Waals surface area (Å²) in [5.74, 6) is 0.559. The molecule has 0 aliphatic carbocycles. The van der Waals surface area contributed by atoms with Crippen molar-refractivity contribution in [1.82, 2.24) is 14.5 Å². The summed E-state index contributed by atoms with van der Waals surface area (Å²) in [6.07, 6.45) is 0.524. The Hall–Kier alpha value is -4.54. The Morgan fingerprint density at radius 3 is 2.36 bits per heavy atom. The minimum absolute atomic E-state index is 0.0686. The van der Waals surface area contributed by atoms with E-state index in [0.717, 1.165) is 15.7 Å². The summed E-state index contributed by atoms with van der Waals surface area (Å²) in [6, 6.07) is 16.2. The molecule has 11 heteroatoms. The lowest BCUT2D eigenvalue weighted by Crippen LogP contribution is -2.49. The zero-order valence-electron chi connectivity index (χ0n) is 21.5. The predicted octanol–water partition coefficient (Wildman–Crippen LogP) is 3.20. The van der Waals surface area contributed by atoms with Crippen LogP contribution in [0.3, 0.4) is 0 Å². The van der Waals surface area contributed by atoms with Gasteiger partial charge in [0.1, 0.15) is 18.0 Å². The Labute approximate surface area is 230 Å². The third kappa shape index (κ3) is 6.31. The number of nitrogens with zero attached hydrogens (tertiary/aromatic N) is 5. The van der Waals surface area contributed by atoms with Crippen molar-refractivity contribution in [2.75, 3.05) is 36.4 Å². The topological polar surface area (TPSA) is 138 Å². The van der Waals surface area contributed by atoms with Gasteiger partial charge in [0.2, 0.25) is 5.91 Å². The standard InChI is InChI=1S/C28H28ClN7O3/c1-19-7-8-23(14-22(19)16-29)32-24-15-26(38)36(28(39)33-24)9-3-6-25(37)34-10-12-35(13-11-34)27-20(17-30)4-2-5-21(27)18-31/h2,4-5,7-8,14-15,32H,3,6,9-13,16H2,1H3,(H,33,39). The number of aromatic nitrogens is 2. The largest absolute Gasteiger partial charge is 0.366 e. The monoisotopic (exact) mass is 545 g/mol. The third-order valence-corrected chi connectivity index (χ3v) is 7.08. The fourth-order valence-corrected chi connectivity index (χ4v) is 4.93. The van der Waals surface area contributed by atoms with Crippen molar-refractivity contribution in [1.29, 1.82) is 10.5 Å². The van der Waals surface area contributed by atoms with Gasteiger partial charge in [-0.3, -0.25) is 19.1 Å². The van der Waals surface area contributed by atoms with Crippen LogP contribution < -0.4 is 21.5 Å². The molecule has 3 aromatic rings. The van der Waals surface area contributed by atoms with Gasteiger partial charge in [0.15, 0.2) is 0 Å². The number of carbonyl (C=O) groups is 1. The lowest BCUT2D eigenvalue weighted by molar-refractivity contribution is -0.131. The van der Waals surface area contributed by atoms with E-state index in [1.807, 2.05) is 30.0 Å². The van der Waals surface area contributed by atoms with E-state index in [1.54, 1.807) is 23.1 Å². The minimum atomic E-state index is -0.555. The first-order valence-corrected chi connectivity index (χ1v) is 13.1. The smallest absolute Gasteiger partial charge is 0.329 e. The molecule has 1 aliphatic rings. The molecule has 1 aliphatic heterocycles. The number of hydrogen-bond acceptors (Lipinski definition) is 7. The summed E-state index contributed by atoms with van der Waals surface area (Å²) in [4.78, 5) is 44.4. The number of H-pyrrole nitrogens is 1. The number of piperazine rings is 1. The molecule has 1 saturated heterocycles. The Morgan fingerprint density at radius 1 is 1.05 bits per heavy atom. The zero-order valence-corrected chi connectivity index (χ0v) is 22.3. The van der Waals surface area contributed by atoms with Crippen molar-refractivity contribution in [3.05, 3.63) is 85.6 Å². The number of benzene rings is 2. The van der Waals surface area contributed by atoms with Crippen molar-refractivity contribution in [3.63, 3.8) is 0 Å². The number of carbonyl (C=O) groups excluding carboxylic acids is 1. The van der Waals surface area contributed by atoms with E-state index in [9.17, 15) is 24.9 Å². The molecule has 0 bridgehead atoms. The second-order valence-corrected chi connectivity index (χ2v) is 9.54. The molecule has 0 spiro atoms. The van der Waals surface area contributed by atoms with Crippen molar-refractivity contribution >= 4 is 34.7 Å². The molecular formula is C28H28ClN7O3. The van der Waals surface area contributed by atoms with E-state index in [4.69, 9.17) is 11.6 Å². The fourth-order valence-electron chi connectivity index (χ4n) is 4.64. The van der Waals surface area contributed by atoms with E-state index in [1.165, 1.54) is 6.07 Å². The van der Waals surface area contributed by atoms with Crippen LogP contribution in [0.1, 0.15) is 35.1 Å². The average Bonchev–Trinajstić information content (AvgIpc) is 2.95. The number of hydrogen-bond donors (Lipinski definition) is 2. The zero-order chi connectivity index (χ0) is 27.9. The number of aromatic amines is 1. The van der Waals surface area contributed by atoms with Gasteiger partial charge >= 0.3 is 5.69 Å². The summed E-state index contributed by atoms with van der Waals surface area (Å²) in [5.41, 5.74) is 3.16. The third-order valence-electron chi connectivity index (χ3n) is 6.79. The predicted molar refractivity (Wildman–Crippen MR) is 149 cm³/mol. The van der Waals surface area contributed by atoms with Crippen LogP contribution in [-0.4, -0.2) is 46.5 Å². The molecule has 10 nitrogen and oxygen atoms in total. The molecule has 1 amide bonds. The number of para-hydroxylation sites is 1. The number of amides is 1. The number of nitrogens with one attached hydrogen (secondary N) is 2. The van der Waals surface area contributed by atoms with Gasteiger partial charge in [0, 0.05) is 56.8 Å². The number of rotatable bonds is 8. The molecule has 0 radical (unpaired) electrons. The van der Waals surface area contributed by atoms with Crippen LogP contribution in [0, 0.1) is 29.6 Å². The highest BCUT2D eigenvalue weighted by Crippen LogP contribution is 2.26. The summed E-state index contributed by atoms with van der Waals surface area (Å²) in [7, 11) is 0. The highest BCUT2D eigenvalue weighted by atomic mass is 35.5. The van der Waals surface area contributed by atoms with Crippen molar-refractivity contribution in [2.24, 2.45) is 0 Å². The van der Waals surface area contributed by atoms with Gasteiger partial charge in [-0.15, -0.1) is 11.6 Å². The molecule has 1 aromatic heterocycles. The number of alkyl halides is 1. The van der Waals surface area contributed by atoms with Gasteiger partial charge in [-0.1, -0.05) is 12.1 Å². The highest BCUT2D eigenvalue weighted by molar-refractivity contribution is 6.17. The first-order valence-electron chi connectivity index (χ1n) is 12.6. The van der Waals surface area contributed by atoms with Crippen LogP contribution in [-0.2, 0) is 17.2 Å². The van der Waals surface area contributed by atoms with Gasteiger partial charge in [-0.2, -0.15) is 10.5 Å². The van der Waals surface area contributed by atoms with E-state index in [0.29, 0.717) is 61.0 Å². The lowest BCUT2D eigenvalue weighted by Gasteiger charge is -2.36. The van der Waals surface area contributed by atoms with Crippen LogP contribution in [0.25, 0.3) is 0 Å². The second-order valence-electron chi connectivity index (χ2n) is 9.27. The molecular weight excluding hydrogens is 518 g/mol. The molecule has 2 heterocycles. The highest BCUT2D eigenvalue weighted by Gasteiger charge is 2.24. The van der Waals surface area contributed by atoms with Gasteiger partial charge in [-0.25, -0.2) is 4.79 Å². The SMILES string of the molecule is Cc1ccc(Nc2cc(=O)n(CCCC(=O)N3CCN(c4c(C#N)cccc4C#N)CC3)c(=O)[nH]2)cc1CCl. The molecule has 1 fully saturated rings. The van der Waals surface area contributed by atoms with Gasteiger partial charge in [0.05, 0.1) is 16.8 Å². The maximum absolute atomic E-state index is 12.8. The lowest BCUT2D eigenvalue weighted by atomic mass is 10.1. The normalized spacial score (nSPS) is 13.0. The first kappa shape index (κ1) is 27.5. The van der Waals surface area contributed by atoms with Crippen LogP contribution in [0.5, 0.6) is 0 Å². The quantitative estimate of drug-likeness (QED) is 0.414.